The van der Waals surface area contributed by atoms with Crippen molar-refractivity contribution < 1.29 is 8.83 Å². The van der Waals surface area contributed by atoms with Crippen LogP contribution in [-0.2, 0) is 0 Å². The molecule has 3 nitrogen and oxygen atoms in total. The van der Waals surface area contributed by atoms with E-state index in [4.69, 9.17) is 8.83 Å². The van der Waals surface area contributed by atoms with Crippen LogP contribution < -0.4 is 4.90 Å². The lowest BCUT2D eigenvalue weighted by Crippen LogP contribution is -2.10. The standard InChI is InChI=1S/C50H31NO2/c1-2-11-32(12-3-1)41-29-30-44(49-43-16-7-9-19-46(43)53-50(41)49)51(37-27-28-39-35(31-37)22-21-33-13-4-5-14-38(33)39)36-25-23-34(24-26-36)40-17-10-20-47-48(40)42-15-6-8-18-45(42)52-47/h1-31H. The average molecular weight is 678 g/mol. The van der Waals surface area contributed by atoms with Gasteiger partial charge in [0.1, 0.15) is 22.3 Å². The van der Waals surface area contributed by atoms with E-state index in [0.717, 1.165) is 83.2 Å². The topological polar surface area (TPSA) is 29.5 Å². The second-order valence-electron chi connectivity index (χ2n) is 13.7. The fourth-order valence-electron chi connectivity index (χ4n) is 8.21. The summed E-state index contributed by atoms with van der Waals surface area (Å²) in [6.07, 6.45) is 0. The van der Waals surface area contributed by atoms with Crippen LogP contribution in [0.4, 0.5) is 17.1 Å². The predicted octanol–water partition coefficient (Wildman–Crippen LogP) is 14.6. The third-order valence-corrected chi connectivity index (χ3v) is 10.7. The molecule has 11 aromatic rings. The number of benzene rings is 9. The minimum atomic E-state index is 0.868. The molecule has 53 heavy (non-hydrogen) atoms. The quantitative estimate of drug-likeness (QED) is 0.170. The molecule has 11 rings (SSSR count). The van der Waals surface area contributed by atoms with Crippen LogP contribution in [0.2, 0.25) is 0 Å². The van der Waals surface area contributed by atoms with Crippen LogP contribution in [0, 0.1) is 0 Å². The molecule has 0 aliphatic rings. The number of fused-ring (bicyclic) bond motifs is 9. The average Bonchev–Trinajstić information content (AvgIpc) is 3.81. The molecular formula is C50H31NO2. The lowest BCUT2D eigenvalue weighted by atomic mass is 9.97. The van der Waals surface area contributed by atoms with Crippen LogP contribution in [0.25, 0.3) is 87.7 Å². The van der Waals surface area contributed by atoms with Gasteiger partial charge in [-0.3, -0.25) is 0 Å². The SMILES string of the molecule is c1ccc(-c2ccc(N(c3ccc(-c4cccc5oc6ccccc6c45)cc3)c3ccc4c(ccc5ccccc54)c3)c3c2oc2ccccc23)cc1. The monoisotopic (exact) mass is 677 g/mol. The molecule has 2 heterocycles. The first-order chi connectivity index (χ1) is 26.3. The van der Waals surface area contributed by atoms with E-state index in [2.05, 4.69) is 175 Å². The third kappa shape index (κ3) is 4.68. The van der Waals surface area contributed by atoms with Gasteiger partial charge in [-0.05, 0) is 92.8 Å². The summed E-state index contributed by atoms with van der Waals surface area (Å²) in [6.45, 7) is 0. The smallest absolute Gasteiger partial charge is 0.145 e. The largest absolute Gasteiger partial charge is 0.456 e. The van der Waals surface area contributed by atoms with Gasteiger partial charge in [0.25, 0.3) is 0 Å². The van der Waals surface area contributed by atoms with Crippen molar-refractivity contribution in [2.75, 3.05) is 4.90 Å². The van der Waals surface area contributed by atoms with Crippen LogP contribution in [0.5, 0.6) is 0 Å². The number of hydrogen-bond donors (Lipinski definition) is 0. The number of hydrogen-bond acceptors (Lipinski definition) is 3. The molecule has 0 saturated heterocycles. The van der Waals surface area contributed by atoms with Gasteiger partial charge >= 0.3 is 0 Å². The molecule has 0 aliphatic carbocycles. The third-order valence-electron chi connectivity index (χ3n) is 10.7. The van der Waals surface area contributed by atoms with Crippen LogP contribution in [-0.4, -0.2) is 0 Å². The minimum Gasteiger partial charge on any atom is -0.456 e. The van der Waals surface area contributed by atoms with E-state index < -0.39 is 0 Å². The van der Waals surface area contributed by atoms with E-state index in [9.17, 15) is 0 Å². The Labute approximate surface area is 305 Å². The van der Waals surface area contributed by atoms with Crippen molar-refractivity contribution in [3.63, 3.8) is 0 Å². The zero-order valence-electron chi connectivity index (χ0n) is 28.7. The highest BCUT2D eigenvalue weighted by Gasteiger charge is 2.23. The van der Waals surface area contributed by atoms with E-state index in [1.54, 1.807) is 0 Å². The summed E-state index contributed by atoms with van der Waals surface area (Å²) in [5, 5.41) is 9.35. The minimum absolute atomic E-state index is 0.868. The lowest BCUT2D eigenvalue weighted by Gasteiger charge is -2.27. The second-order valence-corrected chi connectivity index (χ2v) is 13.7. The van der Waals surface area contributed by atoms with Gasteiger partial charge in [-0.1, -0.05) is 133 Å². The number of nitrogens with zero attached hydrogens (tertiary/aromatic N) is 1. The molecule has 0 amide bonds. The van der Waals surface area contributed by atoms with Gasteiger partial charge in [0.2, 0.25) is 0 Å². The van der Waals surface area contributed by atoms with Crippen molar-refractivity contribution in [3.05, 3.63) is 188 Å². The van der Waals surface area contributed by atoms with Crippen molar-refractivity contribution in [1.29, 1.82) is 0 Å². The lowest BCUT2D eigenvalue weighted by molar-refractivity contribution is 0.669. The van der Waals surface area contributed by atoms with E-state index in [0.29, 0.717) is 0 Å². The van der Waals surface area contributed by atoms with Gasteiger partial charge in [-0.25, -0.2) is 0 Å². The fraction of sp³-hybridized carbons (Fsp3) is 0. The molecule has 248 valence electrons. The first kappa shape index (κ1) is 29.6. The molecule has 0 bridgehead atoms. The van der Waals surface area contributed by atoms with E-state index in [-0.39, 0.29) is 0 Å². The highest BCUT2D eigenvalue weighted by Crippen LogP contribution is 2.47. The van der Waals surface area contributed by atoms with Crippen molar-refractivity contribution in [1.82, 2.24) is 0 Å². The van der Waals surface area contributed by atoms with Gasteiger partial charge < -0.3 is 13.7 Å². The van der Waals surface area contributed by atoms with E-state index in [1.165, 1.54) is 21.5 Å². The maximum atomic E-state index is 6.73. The van der Waals surface area contributed by atoms with E-state index >= 15 is 0 Å². The normalized spacial score (nSPS) is 11.8. The Morgan fingerprint density at radius 1 is 0.340 bits per heavy atom. The second kappa shape index (κ2) is 11.7. The van der Waals surface area contributed by atoms with Gasteiger partial charge in [-0.15, -0.1) is 0 Å². The predicted molar refractivity (Wildman–Crippen MR) is 222 cm³/mol. The molecular weight excluding hydrogens is 647 g/mol. The van der Waals surface area contributed by atoms with Crippen LogP contribution in [0.3, 0.4) is 0 Å². The maximum absolute atomic E-state index is 6.73. The Morgan fingerprint density at radius 3 is 1.79 bits per heavy atom. The maximum Gasteiger partial charge on any atom is 0.145 e. The molecule has 9 aromatic carbocycles. The summed E-state index contributed by atoms with van der Waals surface area (Å²) < 4.78 is 13.0. The van der Waals surface area contributed by atoms with Gasteiger partial charge in [0, 0.05) is 33.1 Å². The number of furan rings is 2. The number of anilines is 3. The molecule has 0 atom stereocenters. The molecule has 0 N–H and O–H groups in total. The first-order valence-corrected chi connectivity index (χ1v) is 18.0. The van der Waals surface area contributed by atoms with Gasteiger partial charge in [-0.2, -0.15) is 0 Å². The zero-order chi connectivity index (χ0) is 34.9. The van der Waals surface area contributed by atoms with Crippen molar-refractivity contribution in [2.24, 2.45) is 0 Å². The van der Waals surface area contributed by atoms with Crippen molar-refractivity contribution in [3.8, 4) is 22.3 Å². The Hall–Kier alpha value is -7.10. The van der Waals surface area contributed by atoms with Gasteiger partial charge in [0.05, 0.1) is 11.1 Å². The molecule has 0 spiro atoms. The summed E-state index contributed by atoms with van der Waals surface area (Å²) in [6, 6.07) is 66.8. The summed E-state index contributed by atoms with van der Waals surface area (Å²) in [5.74, 6) is 0. The summed E-state index contributed by atoms with van der Waals surface area (Å²) in [5.41, 5.74) is 11.2. The van der Waals surface area contributed by atoms with Crippen LogP contribution in [0.15, 0.2) is 197 Å². The molecule has 0 radical (unpaired) electrons. The Bertz CT molecular complexity index is 3170. The molecule has 2 aromatic heterocycles. The Morgan fingerprint density at radius 2 is 0.962 bits per heavy atom. The molecule has 0 saturated carbocycles. The van der Waals surface area contributed by atoms with Gasteiger partial charge in [0.15, 0.2) is 0 Å². The Kier molecular flexibility index (Phi) is 6.55. The summed E-state index contributed by atoms with van der Waals surface area (Å²) in [7, 11) is 0. The van der Waals surface area contributed by atoms with E-state index in [1.807, 2.05) is 18.2 Å². The summed E-state index contributed by atoms with van der Waals surface area (Å²) in [4.78, 5) is 2.38. The highest BCUT2D eigenvalue weighted by atomic mass is 16.3. The number of rotatable bonds is 5. The highest BCUT2D eigenvalue weighted by molar-refractivity contribution is 6.18. The Balaban J connectivity index is 1.15. The van der Waals surface area contributed by atoms with Crippen LogP contribution in [0.1, 0.15) is 0 Å². The first-order valence-electron chi connectivity index (χ1n) is 18.0. The van der Waals surface area contributed by atoms with Crippen molar-refractivity contribution in [2.45, 2.75) is 0 Å². The molecule has 3 heteroatoms. The molecule has 0 unspecified atom stereocenters. The molecule has 0 fully saturated rings. The van der Waals surface area contributed by atoms with Crippen molar-refractivity contribution >= 4 is 82.5 Å². The summed E-state index contributed by atoms with van der Waals surface area (Å²) >= 11 is 0. The van der Waals surface area contributed by atoms with Crippen LogP contribution >= 0.6 is 0 Å². The zero-order valence-corrected chi connectivity index (χ0v) is 28.7. The molecule has 0 aliphatic heterocycles. The number of para-hydroxylation sites is 2. The fourth-order valence-corrected chi connectivity index (χ4v) is 8.21.